The van der Waals surface area contributed by atoms with Gasteiger partial charge in [-0.05, 0) is 72.7 Å². The van der Waals surface area contributed by atoms with Gasteiger partial charge in [0.25, 0.3) is 0 Å². The molecule has 154 valence electrons. The highest BCUT2D eigenvalue weighted by Crippen LogP contribution is 2.39. The van der Waals surface area contributed by atoms with Gasteiger partial charge >= 0.3 is 0 Å². The van der Waals surface area contributed by atoms with Crippen LogP contribution in [0.4, 0.5) is 17.1 Å². The second-order valence-electron chi connectivity index (χ2n) is 8.08. The zero-order valence-electron chi connectivity index (χ0n) is 17.4. The lowest BCUT2D eigenvalue weighted by Crippen LogP contribution is -2.05. The van der Waals surface area contributed by atoms with Crippen molar-refractivity contribution in [2.75, 3.05) is 5.32 Å². The van der Waals surface area contributed by atoms with Gasteiger partial charge in [0.1, 0.15) is 0 Å². The van der Waals surface area contributed by atoms with E-state index < -0.39 is 0 Å². The van der Waals surface area contributed by atoms with Gasteiger partial charge in [0.15, 0.2) is 0 Å². The van der Waals surface area contributed by atoms with Gasteiger partial charge in [-0.2, -0.15) is 10.2 Å². The molecule has 4 rings (SSSR count). The van der Waals surface area contributed by atoms with Gasteiger partial charge in [0.2, 0.25) is 0 Å². The van der Waals surface area contributed by atoms with E-state index in [0.717, 1.165) is 34.2 Å². The molecule has 0 amide bonds. The summed E-state index contributed by atoms with van der Waals surface area (Å²) in [4.78, 5) is 0. The first-order chi connectivity index (χ1) is 14.7. The molecule has 3 nitrogen and oxygen atoms in total. The second-order valence-corrected chi connectivity index (χ2v) is 8.49. The van der Waals surface area contributed by atoms with E-state index in [1.54, 1.807) is 0 Å². The summed E-state index contributed by atoms with van der Waals surface area (Å²) in [5, 5.41) is 13.1. The highest BCUT2D eigenvalue weighted by molar-refractivity contribution is 6.31. The highest BCUT2D eigenvalue weighted by Gasteiger charge is 2.19. The average Bonchev–Trinajstić information content (AvgIpc) is 2.80. The highest BCUT2D eigenvalue weighted by atomic mass is 35.5. The van der Waals surface area contributed by atoms with Gasteiger partial charge in [-0.15, -0.1) is 0 Å². The molecule has 0 heterocycles. The minimum atomic E-state index is 0.590. The number of anilines is 1. The molecule has 3 aromatic carbocycles. The quantitative estimate of drug-likeness (QED) is 0.400. The summed E-state index contributed by atoms with van der Waals surface area (Å²) in [7, 11) is 0. The van der Waals surface area contributed by atoms with Gasteiger partial charge in [0, 0.05) is 17.3 Å². The molecule has 1 saturated carbocycles. The van der Waals surface area contributed by atoms with Crippen LogP contribution in [0.25, 0.3) is 0 Å². The number of rotatable bonds is 6. The van der Waals surface area contributed by atoms with Crippen LogP contribution in [-0.2, 0) is 6.54 Å². The summed E-state index contributed by atoms with van der Waals surface area (Å²) in [5.74, 6) is 0.590. The van der Waals surface area contributed by atoms with Crippen molar-refractivity contribution in [1.29, 1.82) is 0 Å². The van der Waals surface area contributed by atoms with Crippen LogP contribution >= 0.6 is 11.6 Å². The maximum Gasteiger partial charge on any atom is 0.0901 e. The van der Waals surface area contributed by atoms with Crippen LogP contribution < -0.4 is 5.32 Å². The minimum absolute atomic E-state index is 0.590. The van der Waals surface area contributed by atoms with E-state index in [1.165, 1.54) is 43.2 Å². The molecule has 0 aliphatic heterocycles. The molecule has 1 aliphatic rings. The van der Waals surface area contributed by atoms with E-state index in [0.29, 0.717) is 5.92 Å². The standard InChI is InChI=1S/C26H28ClN3/c1-19-16-24(21-10-6-3-7-11-21)25(27)17-26(19)30-29-23-14-12-22(13-15-23)28-18-20-8-4-2-5-9-20/h2,4-5,8-9,12-17,21,28H,3,6-7,10-11,18H2,1H3. The summed E-state index contributed by atoms with van der Waals surface area (Å²) in [6.45, 7) is 2.89. The van der Waals surface area contributed by atoms with E-state index in [9.17, 15) is 0 Å². The molecule has 0 unspecified atom stereocenters. The van der Waals surface area contributed by atoms with Crippen molar-refractivity contribution in [3.05, 3.63) is 88.4 Å². The number of benzene rings is 3. The van der Waals surface area contributed by atoms with Crippen LogP contribution in [0.15, 0.2) is 77.0 Å². The molecule has 0 bridgehead atoms. The molecule has 0 saturated heterocycles. The van der Waals surface area contributed by atoms with Crippen molar-refractivity contribution in [2.24, 2.45) is 10.2 Å². The van der Waals surface area contributed by atoms with Crippen LogP contribution in [0.1, 0.15) is 54.7 Å². The van der Waals surface area contributed by atoms with Crippen LogP contribution in [0.3, 0.4) is 0 Å². The van der Waals surface area contributed by atoms with E-state index >= 15 is 0 Å². The number of nitrogens with one attached hydrogen (secondary N) is 1. The molecule has 1 aliphatic carbocycles. The fourth-order valence-corrected chi connectivity index (χ4v) is 4.40. The molecule has 0 spiro atoms. The van der Waals surface area contributed by atoms with E-state index in [-0.39, 0.29) is 0 Å². The van der Waals surface area contributed by atoms with Crippen molar-refractivity contribution < 1.29 is 0 Å². The lowest BCUT2D eigenvalue weighted by atomic mass is 9.83. The third-order valence-electron chi connectivity index (χ3n) is 5.84. The number of halogens is 1. The fourth-order valence-electron chi connectivity index (χ4n) is 4.09. The Bertz CT molecular complexity index is 991. The first kappa shape index (κ1) is 20.6. The summed E-state index contributed by atoms with van der Waals surface area (Å²) in [6, 6.07) is 22.6. The van der Waals surface area contributed by atoms with Crippen molar-refractivity contribution >= 4 is 28.7 Å². The van der Waals surface area contributed by atoms with Crippen LogP contribution in [0, 0.1) is 6.92 Å². The largest absolute Gasteiger partial charge is 0.381 e. The maximum absolute atomic E-state index is 6.61. The summed E-state index contributed by atoms with van der Waals surface area (Å²) < 4.78 is 0. The Labute approximate surface area is 184 Å². The Morgan fingerprint density at radius 1 is 0.900 bits per heavy atom. The Morgan fingerprint density at radius 2 is 1.63 bits per heavy atom. The molecular weight excluding hydrogens is 390 g/mol. The lowest BCUT2D eigenvalue weighted by Gasteiger charge is -2.23. The Balaban J connectivity index is 1.41. The molecule has 30 heavy (non-hydrogen) atoms. The third-order valence-corrected chi connectivity index (χ3v) is 6.17. The van der Waals surface area contributed by atoms with Gasteiger partial charge in [-0.25, -0.2) is 0 Å². The van der Waals surface area contributed by atoms with Crippen molar-refractivity contribution in [3.8, 4) is 0 Å². The monoisotopic (exact) mass is 417 g/mol. The first-order valence-corrected chi connectivity index (χ1v) is 11.2. The molecule has 0 aromatic heterocycles. The Hall–Kier alpha value is -2.65. The predicted octanol–water partition coefficient (Wildman–Crippen LogP) is 8.72. The summed E-state index contributed by atoms with van der Waals surface area (Å²) in [5.41, 5.74) is 6.39. The second kappa shape index (κ2) is 9.90. The zero-order valence-corrected chi connectivity index (χ0v) is 18.2. The van der Waals surface area contributed by atoms with Crippen molar-refractivity contribution in [2.45, 2.75) is 51.5 Å². The van der Waals surface area contributed by atoms with Crippen LogP contribution in [0.2, 0.25) is 5.02 Å². The van der Waals surface area contributed by atoms with Gasteiger partial charge < -0.3 is 5.32 Å². The molecule has 1 fully saturated rings. The third kappa shape index (κ3) is 5.28. The summed E-state index contributed by atoms with van der Waals surface area (Å²) in [6.07, 6.45) is 6.44. The molecule has 3 aromatic rings. The molecule has 1 N–H and O–H groups in total. The Kier molecular flexibility index (Phi) is 6.81. The summed E-state index contributed by atoms with van der Waals surface area (Å²) >= 11 is 6.61. The van der Waals surface area contributed by atoms with Crippen LogP contribution in [-0.4, -0.2) is 0 Å². The number of azo groups is 1. The molecule has 0 atom stereocenters. The van der Waals surface area contributed by atoms with E-state index in [2.05, 4.69) is 52.8 Å². The van der Waals surface area contributed by atoms with Gasteiger partial charge in [-0.3, -0.25) is 0 Å². The van der Waals surface area contributed by atoms with E-state index in [4.69, 9.17) is 11.6 Å². The van der Waals surface area contributed by atoms with Crippen molar-refractivity contribution in [1.82, 2.24) is 0 Å². The maximum atomic E-state index is 6.61. The van der Waals surface area contributed by atoms with Crippen molar-refractivity contribution in [3.63, 3.8) is 0 Å². The fraction of sp³-hybridized carbons (Fsp3) is 0.308. The number of aryl methyl sites for hydroxylation is 1. The minimum Gasteiger partial charge on any atom is -0.381 e. The Morgan fingerprint density at radius 3 is 2.37 bits per heavy atom. The topological polar surface area (TPSA) is 36.8 Å². The molecule has 4 heteroatoms. The number of hydrogen-bond donors (Lipinski definition) is 1. The molecular formula is C26H28ClN3. The normalized spacial score (nSPS) is 14.9. The van der Waals surface area contributed by atoms with Gasteiger partial charge in [0.05, 0.1) is 11.4 Å². The number of nitrogens with zero attached hydrogens (tertiary/aromatic N) is 2. The first-order valence-electron chi connectivity index (χ1n) is 10.8. The predicted molar refractivity (Wildman–Crippen MR) is 126 cm³/mol. The van der Waals surface area contributed by atoms with Crippen LogP contribution in [0.5, 0.6) is 0 Å². The zero-order chi connectivity index (χ0) is 20.8. The van der Waals surface area contributed by atoms with E-state index in [1.807, 2.05) is 36.4 Å². The smallest absolute Gasteiger partial charge is 0.0901 e. The lowest BCUT2D eigenvalue weighted by molar-refractivity contribution is 0.443. The number of hydrogen-bond acceptors (Lipinski definition) is 3. The average molecular weight is 418 g/mol. The van der Waals surface area contributed by atoms with Gasteiger partial charge in [-0.1, -0.05) is 67.3 Å². The SMILES string of the molecule is Cc1cc(C2CCCCC2)c(Cl)cc1N=Nc1ccc(NCc2ccccc2)cc1. The molecule has 0 radical (unpaired) electrons.